The first kappa shape index (κ1) is 8.09. The third kappa shape index (κ3) is 1.05. The molecule has 0 radical (unpaired) electrons. The van der Waals surface area contributed by atoms with Gasteiger partial charge < -0.3 is 4.74 Å². The Kier molecular flexibility index (Phi) is 1.85. The number of ether oxygens (including phenoxy) is 1. The molecule has 2 nitrogen and oxygen atoms in total. The van der Waals surface area contributed by atoms with Gasteiger partial charge in [0, 0.05) is 0 Å². The Morgan fingerprint density at radius 2 is 1.92 bits per heavy atom. The van der Waals surface area contributed by atoms with Gasteiger partial charge in [-0.2, -0.15) is 0 Å². The fourth-order valence-electron chi connectivity index (χ4n) is 2.77. The Balaban J connectivity index is 2.17. The van der Waals surface area contributed by atoms with Gasteiger partial charge in [-0.15, -0.1) is 0 Å². The molecule has 2 fully saturated rings. The average Bonchev–Trinajstić information content (AvgIpc) is 2.48. The van der Waals surface area contributed by atoms with E-state index in [1.807, 2.05) is 13.8 Å². The largest absolute Gasteiger partial charge is 0.462 e. The Hall–Kier alpha value is -0.530. The van der Waals surface area contributed by atoms with Crippen molar-refractivity contribution < 1.29 is 9.53 Å². The molecule has 12 heavy (non-hydrogen) atoms. The maximum absolute atomic E-state index is 11.3. The van der Waals surface area contributed by atoms with Gasteiger partial charge >= 0.3 is 5.97 Å². The predicted octanol–water partition coefficient (Wildman–Crippen LogP) is 1.98. The van der Waals surface area contributed by atoms with Crippen LogP contribution in [-0.2, 0) is 9.53 Å². The molecule has 1 aliphatic heterocycles. The highest BCUT2D eigenvalue weighted by atomic mass is 16.5. The van der Waals surface area contributed by atoms with E-state index < -0.39 is 0 Å². The van der Waals surface area contributed by atoms with Crippen molar-refractivity contribution >= 4 is 5.97 Å². The van der Waals surface area contributed by atoms with E-state index in [2.05, 4.69) is 0 Å². The first-order valence-corrected chi connectivity index (χ1v) is 4.90. The Bertz CT molecular complexity index is 200. The summed E-state index contributed by atoms with van der Waals surface area (Å²) in [5.74, 6) is 1.43. The zero-order valence-corrected chi connectivity index (χ0v) is 7.75. The molecule has 4 atom stereocenters. The highest BCUT2D eigenvalue weighted by molar-refractivity contribution is 5.73. The summed E-state index contributed by atoms with van der Waals surface area (Å²) in [6, 6.07) is 0. The molecule has 2 heteroatoms. The lowest BCUT2D eigenvalue weighted by Crippen LogP contribution is -2.40. The van der Waals surface area contributed by atoms with Crippen molar-refractivity contribution in [1.82, 2.24) is 0 Å². The molecule has 2 rings (SSSR count). The molecule has 0 spiro atoms. The summed E-state index contributed by atoms with van der Waals surface area (Å²) in [6.07, 6.45) is 3.93. The molecule has 1 saturated carbocycles. The monoisotopic (exact) mass is 168 g/mol. The van der Waals surface area contributed by atoms with E-state index in [1.165, 1.54) is 19.3 Å². The number of hydrogen-bond donors (Lipinski definition) is 0. The predicted molar refractivity (Wildman–Crippen MR) is 45.5 cm³/mol. The van der Waals surface area contributed by atoms with Crippen LogP contribution in [0.4, 0.5) is 0 Å². The minimum Gasteiger partial charge on any atom is -0.462 e. The van der Waals surface area contributed by atoms with E-state index >= 15 is 0 Å². The number of carbonyl (C=O) groups is 1. The van der Waals surface area contributed by atoms with E-state index in [0.29, 0.717) is 11.8 Å². The highest BCUT2D eigenvalue weighted by Gasteiger charge is 2.43. The summed E-state index contributed by atoms with van der Waals surface area (Å²) in [5, 5.41) is 0. The lowest BCUT2D eigenvalue weighted by Gasteiger charge is -2.35. The summed E-state index contributed by atoms with van der Waals surface area (Å²) in [7, 11) is 0. The van der Waals surface area contributed by atoms with Crippen LogP contribution in [0, 0.1) is 17.8 Å². The molecule has 0 aromatic carbocycles. The summed E-state index contributed by atoms with van der Waals surface area (Å²) >= 11 is 0. The minimum atomic E-state index is 0.0191. The lowest BCUT2D eigenvalue weighted by atomic mass is 9.80. The van der Waals surface area contributed by atoms with E-state index in [0.717, 1.165) is 0 Å². The maximum Gasteiger partial charge on any atom is 0.309 e. The Morgan fingerprint density at radius 3 is 2.67 bits per heavy atom. The fraction of sp³-hybridized carbons (Fsp3) is 0.900. The van der Waals surface area contributed by atoms with Gasteiger partial charge in [-0.1, -0.05) is 13.3 Å². The van der Waals surface area contributed by atoms with E-state index in [4.69, 9.17) is 4.74 Å². The molecule has 1 saturated heterocycles. The Labute approximate surface area is 73.3 Å². The van der Waals surface area contributed by atoms with Gasteiger partial charge in [0.15, 0.2) is 0 Å². The zero-order valence-electron chi connectivity index (χ0n) is 7.75. The van der Waals surface area contributed by atoms with Gasteiger partial charge in [0.05, 0.1) is 5.92 Å². The second kappa shape index (κ2) is 2.75. The van der Waals surface area contributed by atoms with Crippen LogP contribution in [0.1, 0.15) is 33.1 Å². The van der Waals surface area contributed by atoms with Crippen molar-refractivity contribution in [2.75, 3.05) is 0 Å². The fourth-order valence-corrected chi connectivity index (χ4v) is 2.77. The molecule has 0 amide bonds. The molecule has 0 N–H and O–H groups in total. The summed E-state index contributed by atoms with van der Waals surface area (Å²) < 4.78 is 5.27. The number of carbonyl (C=O) groups excluding carboxylic acids is 1. The van der Waals surface area contributed by atoms with Crippen LogP contribution in [0.15, 0.2) is 0 Å². The first-order chi connectivity index (χ1) is 5.70. The van der Waals surface area contributed by atoms with Crippen LogP contribution in [0.2, 0.25) is 0 Å². The third-order valence-electron chi connectivity index (χ3n) is 3.54. The summed E-state index contributed by atoms with van der Waals surface area (Å²) in [5.41, 5.74) is 0. The maximum atomic E-state index is 11.3. The number of cyclic esters (lactones) is 1. The van der Waals surface area contributed by atoms with Crippen LogP contribution in [-0.4, -0.2) is 12.1 Å². The SMILES string of the molecule is C[C@@H]1C(=O)O[C@H](C)[C@@H]2CCC[C@H]21. The van der Waals surface area contributed by atoms with E-state index in [-0.39, 0.29) is 18.0 Å². The second-order valence-electron chi connectivity index (χ2n) is 4.19. The number of fused-ring (bicyclic) bond motifs is 1. The summed E-state index contributed by atoms with van der Waals surface area (Å²) in [6.45, 7) is 4.05. The molecule has 0 unspecified atom stereocenters. The molecule has 0 aromatic rings. The summed E-state index contributed by atoms with van der Waals surface area (Å²) in [4.78, 5) is 11.3. The quantitative estimate of drug-likeness (QED) is 0.517. The first-order valence-electron chi connectivity index (χ1n) is 4.90. The smallest absolute Gasteiger partial charge is 0.309 e. The van der Waals surface area contributed by atoms with Gasteiger partial charge in [-0.05, 0) is 31.6 Å². The normalized spacial score (nSPS) is 47.0. The van der Waals surface area contributed by atoms with E-state index in [9.17, 15) is 4.79 Å². The topological polar surface area (TPSA) is 26.3 Å². The second-order valence-corrected chi connectivity index (χ2v) is 4.19. The van der Waals surface area contributed by atoms with Crippen LogP contribution >= 0.6 is 0 Å². The molecule has 1 aliphatic carbocycles. The minimum absolute atomic E-state index is 0.0191. The van der Waals surface area contributed by atoms with Crippen molar-refractivity contribution in [3.05, 3.63) is 0 Å². The van der Waals surface area contributed by atoms with Crippen LogP contribution in [0.3, 0.4) is 0 Å². The number of esters is 1. The van der Waals surface area contributed by atoms with Crippen LogP contribution in [0.25, 0.3) is 0 Å². The molecular formula is C10H16O2. The molecule has 2 aliphatic rings. The molecule has 68 valence electrons. The van der Waals surface area contributed by atoms with Crippen molar-refractivity contribution in [3.63, 3.8) is 0 Å². The average molecular weight is 168 g/mol. The van der Waals surface area contributed by atoms with Crippen molar-refractivity contribution in [2.24, 2.45) is 17.8 Å². The zero-order chi connectivity index (χ0) is 8.72. The number of rotatable bonds is 0. The highest BCUT2D eigenvalue weighted by Crippen LogP contribution is 2.43. The molecule has 0 bridgehead atoms. The molecule has 1 heterocycles. The van der Waals surface area contributed by atoms with Crippen molar-refractivity contribution in [1.29, 1.82) is 0 Å². The van der Waals surface area contributed by atoms with Crippen molar-refractivity contribution in [2.45, 2.75) is 39.2 Å². The van der Waals surface area contributed by atoms with Gasteiger partial charge in [-0.3, -0.25) is 4.79 Å². The van der Waals surface area contributed by atoms with Gasteiger partial charge in [-0.25, -0.2) is 0 Å². The number of hydrogen-bond acceptors (Lipinski definition) is 2. The van der Waals surface area contributed by atoms with Gasteiger partial charge in [0.2, 0.25) is 0 Å². The lowest BCUT2D eigenvalue weighted by molar-refractivity contribution is -0.167. The van der Waals surface area contributed by atoms with Crippen molar-refractivity contribution in [3.8, 4) is 0 Å². The van der Waals surface area contributed by atoms with Crippen LogP contribution < -0.4 is 0 Å². The Morgan fingerprint density at radius 1 is 1.25 bits per heavy atom. The van der Waals surface area contributed by atoms with Crippen LogP contribution in [0.5, 0.6) is 0 Å². The molecular weight excluding hydrogens is 152 g/mol. The van der Waals surface area contributed by atoms with Gasteiger partial charge in [0.25, 0.3) is 0 Å². The van der Waals surface area contributed by atoms with Gasteiger partial charge in [0.1, 0.15) is 6.10 Å². The third-order valence-corrected chi connectivity index (χ3v) is 3.54. The van der Waals surface area contributed by atoms with E-state index in [1.54, 1.807) is 0 Å². The molecule has 0 aromatic heterocycles. The standard InChI is InChI=1S/C10H16O2/c1-6-8-4-3-5-9(8)7(2)12-10(6)11/h6-9H,3-5H2,1-2H3/t6-,7+,8-,9-/m0/s1.